The number of hydrogen-bond donors (Lipinski definition) is 0. The summed E-state index contributed by atoms with van der Waals surface area (Å²) in [6, 6.07) is 31.0. The fourth-order valence-electron chi connectivity index (χ4n) is 3.73. The standard InChI is InChI=1S/C13H8OS.C13H8O/c14-13-9-5-1-3-7-11(9)15-12-8-4-2-6-10(12)13;14-13-11-7-3-1-5-9(11)10-6-2-4-8-12(10)13/h1-8H;1-8H. The molecule has 5 aromatic rings. The molecule has 1 aliphatic carbocycles. The Labute approximate surface area is 171 Å². The van der Waals surface area contributed by atoms with E-state index in [-0.39, 0.29) is 11.2 Å². The van der Waals surface area contributed by atoms with Crippen LogP contribution < -0.4 is 5.43 Å². The Morgan fingerprint density at radius 3 is 1.31 bits per heavy atom. The number of ketones is 1. The average Bonchev–Trinajstić information content (AvgIpc) is 3.07. The third kappa shape index (κ3) is 2.96. The number of hydrogen-bond acceptors (Lipinski definition) is 3. The van der Waals surface area contributed by atoms with Crippen molar-refractivity contribution in [3.8, 4) is 11.1 Å². The summed E-state index contributed by atoms with van der Waals surface area (Å²) in [6.07, 6.45) is 0. The van der Waals surface area contributed by atoms with Gasteiger partial charge in [-0.1, -0.05) is 72.8 Å². The molecule has 0 amide bonds. The molecule has 0 saturated heterocycles. The van der Waals surface area contributed by atoms with Crippen LogP contribution in [0.3, 0.4) is 0 Å². The summed E-state index contributed by atoms with van der Waals surface area (Å²) in [7, 11) is 0. The third-order valence-corrected chi connectivity index (χ3v) is 6.27. The molecule has 1 aliphatic rings. The number of benzene rings is 4. The summed E-state index contributed by atoms with van der Waals surface area (Å²) in [4.78, 5) is 24.0. The quantitative estimate of drug-likeness (QED) is 0.284. The second-order valence-electron chi connectivity index (χ2n) is 6.84. The van der Waals surface area contributed by atoms with E-state index >= 15 is 0 Å². The maximum absolute atomic E-state index is 12.1. The lowest BCUT2D eigenvalue weighted by atomic mass is 10.1. The Morgan fingerprint density at radius 1 is 0.448 bits per heavy atom. The molecule has 0 atom stereocenters. The van der Waals surface area contributed by atoms with E-state index in [2.05, 4.69) is 0 Å². The third-order valence-electron chi connectivity index (χ3n) is 5.12. The van der Waals surface area contributed by atoms with Crippen LogP contribution in [0.1, 0.15) is 15.9 Å². The van der Waals surface area contributed by atoms with Crippen LogP contribution in [0, 0.1) is 0 Å². The van der Waals surface area contributed by atoms with E-state index in [1.807, 2.05) is 97.1 Å². The van der Waals surface area contributed by atoms with E-state index in [1.54, 1.807) is 11.3 Å². The fourth-order valence-corrected chi connectivity index (χ4v) is 4.80. The molecule has 0 saturated carbocycles. The van der Waals surface area contributed by atoms with Gasteiger partial charge in [-0.15, -0.1) is 11.3 Å². The zero-order valence-electron chi connectivity index (χ0n) is 15.5. The molecule has 138 valence electrons. The van der Waals surface area contributed by atoms with Gasteiger partial charge in [0, 0.05) is 31.3 Å². The Kier molecular flexibility index (Phi) is 4.30. The lowest BCUT2D eigenvalue weighted by Gasteiger charge is -1.99. The van der Waals surface area contributed by atoms with E-state index in [1.165, 1.54) is 0 Å². The summed E-state index contributed by atoms with van der Waals surface area (Å²) < 4.78 is 2.11. The van der Waals surface area contributed by atoms with Crippen LogP contribution in [0.4, 0.5) is 0 Å². The largest absolute Gasteiger partial charge is 0.289 e. The molecule has 1 heterocycles. The zero-order chi connectivity index (χ0) is 19.8. The molecular formula is C26H16O2S. The Balaban J connectivity index is 0.000000125. The van der Waals surface area contributed by atoms with Crippen molar-refractivity contribution < 1.29 is 4.79 Å². The summed E-state index contributed by atoms with van der Waals surface area (Å²) in [5.74, 6) is 0.149. The molecule has 0 radical (unpaired) electrons. The molecule has 0 aliphatic heterocycles. The van der Waals surface area contributed by atoms with Gasteiger partial charge in [0.15, 0.2) is 11.2 Å². The molecule has 3 heteroatoms. The van der Waals surface area contributed by atoms with Gasteiger partial charge in [-0.2, -0.15) is 0 Å². The second-order valence-corrected chi connectivity index (χ2v) is 7.93. The Bertz CT molecular complexity index is 1340. The molecule has 0 spiro atoms. The van der Waals surface area contributed by atoms with Gasteiger partial charge in [-0.3, -0.25) is 9.59 Å². The van der Waals surface area contributed by atoms with Crippen LogP contribution in [-0.4, -0.2) is 5.78 Å². The number of fused-ring (bicyclic) bond motifs is 5. The predicted molar refractivity (Wildman–Crippen MR) is 121 cm³/mol. The monoisotopic (exact) mass is 392 g/mol. The van der Waals surface area contributed by atoms with Gasteiger partial charge in [0.1, 0.15) is 0 Å². The summed E-state index contributed by atoms with van der Waals surface area (Å²) in [5, 5.41) is 1.64. The summed E-state index contributed by atoms with van der Waals surface area (Å²) >= 11 is 1.67. The molecule has 0 unspecified atom stereocenters. The Morgan fingerprint density at radius 2 is 0.828 bits per heavy atom. The molecular weight excluding hydrogens is 376 g/mol. The minimum atomic E-state index is 0.139. The maximum Gasteiger partial charge on any atom is 0.195 e. The van der Waals surface area contributed by atoms with E-state index < -0.39 is 0 Å². The average molecular weight is 392 g/mol. The smallest absolute Gasteiger partial charge is 0.195 e. The van der Waals surface area contributed by atoms with Crippen LogP contribution >= 0.6 is 11.3 Å². The second kappa shape index (κ2) is 7.12. The van der Waals surface area contributed by atoms with Crippen molar-refractivity contribution in [2.75, 3.05) is 0 Å². The van der Waals surface area contributed by atoms with Crippen LogP contribution in [-0.2, 0) is 0 Å². The van der Waals surface area contributed by atoms with Crippen molar-refractivity contribution in [1.82, 2.24) is 0 Å². The van der Waals surface area contributed by atoms with Gasteiger partial charge in [0.25, 0.3) is 0 Å². The highest BCUT2D eigenvalue weighted by Gasteiger charge is 2.24. The zero-order valence-corrected chi connectivity index (χ0v) is 16.3. The van der Waals surface area contributed by atoms with Crippen molar-refractivity contribution in [3.63, 3.8) is 0 Å². The van der Waals surface area contributed by atoms with Gasteiger partial charge in [-0.25, -0.2) is 0 Å². The summed E-state index contributed by atoms with van der Waals surface area (Å²) in [6.45, 7) is 0. The van der Waals surface area contributed by atoms with Crippen LogP contribution in [0.25, 0.3) is 31.3 Å². The highest BCUT2D eigenvalue weighted by molar-refractivity contribution is 7.24. The number of carbonyl (C=O) groups is 1. The first-order valence-corrected chi connectivity index (χ1v) is 10.2. The lowest BCUT2D eigenvalue weighted by molar-refractivity contribution is 0.104. The van der Waals surface area contributed by atoms with Gasteiger partial charge in [0.2, 0.25) is 0 Å². The molecule has 0 N–H and O–H groups in total. The SMILES string of the molecule is O=C1c2ccccc2-c2ccccc21.O=c1c2ccccc2sc2ccccc12. The molecule has 29 heavy (non-hydrogen) atoms. The van der Waals surface area contributed by atoms with Crippen molar-refractivity contribution in [2.45, 2.75) is 0 Å². The molecule has 0 fully saturated rings. The molecule has 1 aromatic heterocycles. The van der Waals surface area contributed by atoms with Gasteiger partial charge < -0.3 is 0 Å². The maximum atomic E-state index is 12.1. The highest BCUT2D eigenvalue weighted by Crippen LogP contribution is 2.35. The van der Waals surface area contributed by atoms with E-state index in [0.717, 1.165) is 42.4 Å². The molecule has 6 rings (SSSR count). The van der Waals surface area contributed by atoms with Crippen molar-refractivity contribution >= 4 is 37.3 Å². The van der Waals surface area contributed by atoms with E-state index in [9.17, 15) is 9.59 Å². The van der Waals surface area contributed by atoms with Crippen molar-refractivity contribution in [3.05, 3.63) is 118 Å². The lowest BCUT2D eigenvalue weighted by Crippen LogP contribution is -1.99. The Hall–Kier alpha value is -3.56. The first kappa shape index (κ1) is 17.5. The molecule has 4 aromatic carbocycles. The topological polar surface area (TPSA) is 34.1 Å². The minimum absolute atomic E-state index is 0.139. The highest BCUT2D eigenvalue weighted by atomic mass is 32.1. The summed E-state index contributed by atoms with van der Waals surface area (Å²) in [5.41, 5.74) is 3.92. The van der Waals surface area contributed by atoms with Gasteiger partial charge >= 0.3 is 0 Å². The van der Waals surface area contributed by atoms with Crippen LogP contribution in [0.5, 0.6) is 0 Å². The molecule has 2 nitrogen and oxygen atoms in total. The molecule has 0 bridgehead atoms. The number of carbonyl (C=O) groups excluding carboxylic acids is 1. The van der Waals surface area contributed by atoms with Crippen LogP contribution in [0.15, 0.2) is 102 Å². The fraction of sp³-hybridized carbons (Fsp3) is 0. The van der Waals surface area contributed by atoms with Gasteiger partial charge in [-0.05, 0) is 35.4 Å². The van der Waals surface area contributed by atoms with E-state index in [0.29, 0.717) is 0 Å². The minimum Gasteiger partial charge on any atom is -0.289 e. The number of rotatable bonds is 0. The van der Waals surface area contributed by atoms with E-state index in [4.69, 9.17) is 0 Å². The first-order chi connectivity index (χ1) is 14.2. The predicted octanol–water partition coefficient (Wildman–Crippen LogP) is 6.31. The van der Waals surface area contributed by atoms with Crippen molar-refractivity contribution in [2.24, 2.45) is 0 Å². The van der Waals surface area contributed by atoms with Gasteiger partial charge in [0.05, 0.1) is 0 Å². The van der Waals surface area contributed by atoms with Crippen LogP contribution in [0.2, 0.25) is 0 Å². The first-order valence-electron chi connectivity index (χ1n) is 9.38. The normalized spacial score (nSPS) is 11.7. The van der Waals surface area contributed by atoms with Crippen molar-refractivity contribution in [1.29, 1.82) is 0 Å².